The van der Waals surface area contributed by atoms with E-state index in [1.807, 2.05) is 66.7 Å². The van der Waals surface area contributed by atoms with E-state index in [9.17, 15) is 4.79 Å². The van der Waals surface area contributed by atoms with Gasteiger partial charge in [-0.2, -0.15) is 0 Å². The quantitative estimate of drug-likeness (QED) is 0.434. The number of carbonyl (C=O) groups excluding carboxylic acids is 1. The fourth-order valence-corrected chi connectivity index (χ4v) is 4.55. The van der Waals surface area contributed by atoms with Gasteiger partial charge in [-0.1, -0.05) is 61.5 Å². The Morgan fingerprint density at radius 1 is 0.926 bits per heavy atom. The zero-order valence-corrected chi connectivity index (χ0v) is 16.5. The molecule has 2 saturated heterocycles. The van der Waals surface area contributed by atoms with Crippen molar-refractivity contribution in [1.82, 2.24) is 4.90 Å². The molecule has 2 nitrogen and oxygen atoms in total. The average molecular weight is 376 g/mol. The molecule has 0 radical (unpaired) electrons. The van der Waals surface area contributed by atoms with Crippen LogP contribution in [0.5, 0.6) is 0 Å². The summed E-state index contributed by atoms with van der Waals surface area (Å²) in [5, 5.41) is 2.12. The van der Waals surface area contributed by atoms with Gasteiger partial charge in [-0.15, -0.1) is 11.8 Å². The second-order valence-corrected chi connectivity index (χ2v) is 8.36. The van der Waals surface area contributed by atoms with Gasteiger partial charge in [0.25, 0.3) is 0 Å². The highest BCUT2D eigenvalue weighted by atomic mass is 32.2. The molecule has 3 heteroatoms. The first-order chi connectivity index (χ1) is 13.3. The monoisotopic (exact) mass is 375 g/mol. The smallest absolute Gasteiger partial charge is 0.194 e. The van der Waals surface area contributed by atoms with Crippen LogP contribution in [0.3, 0.4) is 0 Å². The van der Waals surface area contributed by atoms with Crippen LogP contribution in [-0.2, 0) is 0 Å². The third-order valence-electron chi connectivity index (χ3n) is 5.48. The van der Waals surface area contributed by atoms with Gasteiger partial charge in [-0.3, -0.25) is 4.79 Å². The summed E-state index contributed by atoms with van der Waals surface area (Å²) in [6, 6.07) is 22.8. The molecule has 138 valence electrons. The number of ketones is 1. The molecule has 0 amide bonds. The Morgan fingerprint density at radius 3 is 2.22 bits per heavy atom. The zero-order chi connectivity index (χ0) is 18.6. The van der Waals surface area contributed by atoms with E-state index >= 15 is 0 Å². The molecular formula is C24H25NOS. The topological polar surface area (TPSA) is 20.3 Å². The minimum absolute atomic E-state index is 0.100. The Kier molecular flexibility index (Phi) is 5.61. The van der Waals surface area contributed by atoms with Crippen molar-refractivity contribution >= 4 is 28.3 Å². The summed E-state index contributed by atoms with van der Waals surface area (Å²) in [6.07, 6.45) is 2.97. The van der Waals surface area contributed by atoms with Crippen molar-refractivity contribution in [2.45, 2.75) is 30.7 Å². The largest absolute Gasteiger partial charge is 0.300 e. The minimum Gasteiger partial charge on any atom is -0.300 e. The van der Waals surface area contributed by atoms with Crippen molar-refractivity contribution in [3.05, 3.63) is 77.9 Å². The van der Waals surface area contributed by atoms with Gasteiger partial charge < -0.3 is 4.90 Å². The molecule has 0 atom stereocenters. The number of nitrogens with zero attached hydrogens (tertiary/aromatic N) is 1. The maximum Gasteiger partial charge on any atom is 0.194 e. The fourth-order valence-electron chi connectivity index (χ4n) is 3.75. The maximum absolute atomic E-state index is 12.9. The molecule has 0 unspecified atom stereocenters. The Morgan fingerprint density at radius 2 is 1.56 bits per heavy atom. The van der Waals surface area contributed by atoms with Crippen molar-refractivity contribution in [2.24, 2.45) is 0 Å². The second kappa shape index (κ2) is 8.28. The first-order valence-corrected chi connectivity index (χ1v) is 10.7. The number of hydrogen-bond acceptors (Lipinski definition) is 3. The molecule has 2 aliphatic rings. The number of fused-ring (bicyclic) bond motifs is 2. The maximum atomic E-state index is 12.9. The van der Waals surface area contributed by atoms with E-state index in [0.717, 1.165) is 38.6 Å². The summed E-state index contributed by atoms with van der Waals surface area (Å²) in [4.78, 5) is 16.5. The Bertz CT molecular complexity index is 929. The molecule has 0 aromatic heterocycles. The van der Waals surface area contributed by atoms with E-state index < -0.39 is 0 Å². The normalized spacial score (nSPS) is 15.9. The lowest BCUT2D eigenvalue weighted by Gasteiger charge is -2.50. The highest BCUT2D eigenvalue weighted by molar-refractivity contribution is 7.99. The number of piperidine rings is 1. The molecule has 2 heterocycles. The van der Waals surface area contributed by atoms with Crippen molar-refractivity contribution < 1.29 is 4.79 Å². The molecule has 0 saturated carbocycles. The van der Waals surface area contributed by atoms with Crippen molar-refractivity contribution in [1.29, 1.82) is 0 Å². The molecule has 3 aromatic carbocycles. The van der Waals surface area contributed by atoms with E-state index in [1.54, 1.807) is 11.8 Å². The predicted octanol–water partition coefficient (Wildman–Crippen LogP) is 5.65. The summed E-state index contributed by atoms with van der Waals surface area (Å²) in [6.45, 7) is 4.89. The summed E-state index contributed by atoms with van der Waals surface area (Å²) in [5.74, 6) is 1.06. The molecule has 0 bridgehead atoms. The van der Waals surface area contributed by atoms with Crippen LogP contribution >= 0.6 is 11.8 Å². The molecule has 0 spiro atoms. The van der Waals surface area contributed by atoms with Crippen LogP contribution in [-0.4, -0.2) is 35.6 Å². The van der Waals surface area contributed by atoms with Crippen LogP contribution in [0.1, 0.15) is 35.7 Å². The molecule has 5 rings (SSSR count). The predicted molar refractivity (Wildman–Crippen MR) is 115 cm³/mol. The first kappa shape index (κ1) is 18.3. The number of benzene rings is 3. The van der Waals surface area contributed by atoms with Crippen LogP contribution in [0.2, 0.25) is 0 Å². The lowest BCUT2D eigenvalue weighted by Crippen LogP contribution is -2.57. The van der Waals surface area contributed by atoms with Gasteiger partial charge in [-0.25, -0.2) is 0 Å². The van der Waals surface area contributed by atoms with Crippen molar-refractivity contribution in [2.75, 3.05) is 18.8 Å². The number of carbonyl (C=O) groups is 1. The molecule has 3 aromatic rings. The molecule has 2 fully saturated rings. The van der Waals surface area contributed by atoms with E-state index in [4.69, 9.17) is 0 Å². The third-order valence-corrected chi connectivity index (χ3v) is 6.44. The van der Waals surface area contributed by atoms with E-state index in [-0.39, 0.29) is 5.78 Å². The highest BCUT2D eigenvalue weighted by Crippen LogP contribution is 2.29. The van der Waals surface area contributed by atoms with Gasteiger partial charge >= 0.3 is 0 Å². The van der Waals surface area contributed by atoms with Gasteiger partial charge in [-0.05, 0) is 54.6 Å². The van der Waals surface area contributed by atoms with Gasteiger partial charge in [0.2, 0.25) is 0 Å². The third kappa shape index (κ3) is 3.80. The average Bonchev–Trinajstić information content (AvgIpc) is 2.71. The van der Waals surface area contributed by atoms with Crippen molar-refractivity contribution in [3.63, 3.8) is 0 Å². The lowest BCUT2D eigenvalue weighted by molar-refractivity contribution is -0.00222. The molecule has 27 heavy (non-hydrogen) atoms. The second-order valence-electron chi connectivity index (χ2n) is 7.05. The van der Waals surface area contributed by atoms with Crippen LogP contribution in [0.15, 0.2) is 71.6 Å². The number of rotatable bonds is 4. The minimum atomic E-state index is 0.100. The van der Waals surface area contributed by atoms with Crippen LogP contribution in [0.4, 0.5) is 0 Å². The Hall–Kier alpha value is -2.10. The van der Waals surface area contributed by atoms with Gasteiger partial charge in [0.1, 0.15) is 0 Å². The van der Waals surface area contributed by atoms with Gasteiger partial charge in [0.15, 0.2) is 5.78 Å². The van der Waals surface area contributed by atoms with Gasteiger partial charge in [0.05, 0.1) is 0 Å². The highest BCUT2D eigenvalue weighted by Gasteiger charge is 2.34. The molecule has 2 aliphatic heterocycles. The Balaban J connectivity index is 0.000000250. The Labute approximate surface area is 165 Å². The number of hydrogen-bond donors (Lipinski definition) is 0. The first-order valence-electron chi connectivity index (χ1n) is 9.76. The van der Waals surface area contributed by atoms with Crippen LogP contribution in [0.25, 0.3) is 10.8 Å². The van der Waals surface area contributed by atoms with Gasteiger partial charge in [0, 0.05) is 22.1 Å². The summed E-state index contributed by atoms with van der Waals surface area (Å²) in [7, 11) is 0. The van der Waals surface area contributed by atoms with E-state index in [2.05, 4.69) is 11.8 Å². The van der Waals surface area contributed by atoms with E-state index in [1.165, 1.54) is 25.9 Å². The molecule has 0 aliphatic carbocycles. The zero-order valence-electron chi connectivity index (χ0n) is 15.7. The summed E-state index contributed by atoms with van der Waals surface area (Å²) in [5.41, 5.74) is 1.57. The fraction of sp³-hybridized carbons (Fsp3) is 0.292. The SMILES string of the molecule is C1CN2CCC12.CCSc1ccccc1C(=O)c1cccc2ccccc12. The number of thioether (sulfide) groups is 1. The van der Waals surface area contributed by atoms with E-state index in [0.29, 0.717) is 0 Å². The molecular weight excluding hydrogens is 350 g/mol. The molecule has 0 N–H and O–H groups in total. The van der Waals surface area contributed by atoms with Crippen molar-refractivity contribution in [3.8, 4) is 0 Å². The lowest BCUT2D eigenvalue weighted by atomic mass is 9.91. The van der Waals surface area contributed by atoms with Crippen LogP contribution < -0.4 is 0 Å². The summed E-state index contributed by atoms with van der Waals surface area (Å²) < 4.78 is 0. The summed E-state index contributed by atoms with van der Waals surface area (Å²) >= 11 is 1.71. The van der Waals surface area contributed by atoms with Crippen LogP contribution in [0, 0.1) is 0 Å². The standard InChI is InChI=1S/C19H16OS.C5H9N/c1-2-21-18-13-6-5-11-17(18)19(20)16-12-7-9-14-8-3-4-10-15(14)16;1-3-6-4-2-5(1)6/h3-13H,2H2,1H3;5H,1-4H2.